The predicted molar refractivity (Wildman–Crippen MR) is 62.8 cm³/mol. The Hall–Kier alpha value is -0.490. The van der Waals surface area contributed by atoms with Gasteiger partial charge >= 0.3 is 24.7 Å². The number of alkyl halides is 12. The van der Waals surface area contributed by atoms with Gasteiger partial charge in [0.1, 0.15) is 0 Å². The van der Waals surface area contributed by atoms with Gasteiger partial charge in [-0.3, -0.25) is 10.9 Å². The third-order valence-electron chi connectivity index (χ3n) is 4.00. The second kappa shape index (κ2) is 6.04. The van der Waals surface area contributed by atoms with E-state index in [1.807, 2.05) is 0 Å². The van der Waals surface area contributed by atoms with Gasteiger partial charge in [-0.25, -0.2) is 0 Å². The van der Waals surface area contributed by atoms with Crippen LogP contribution in [0.4, 0.5) is 52.7 Å². The lowest BCUT2D eigenvalue weighted by Gasteiger charge is -2.34. The lowest BCUT2D eigenvalue weighted by Crippen LogP contribution is -2.45. The van der Waals surface area contributed by atoms with Gasteiger partial charge in [0.2, 0.25) is 0 Å². The normalized spacial score (nSPS) is 33.8. The van der Waals surface area contributed by atoms with E-state index in [2.05, 4.69) is 0 Å². The molecule has 0 aromatic carbocycles. The summed E-state index contributed by atoms with van der Waals surface area (Å²) in [5, 5.41) is -2.82. The molecule has 4 unspecified atom stereocenters. The number of halogens is 12. The van der Waals surface area contributed by atoms with Crippen molar-refractivity contribution in [3.63, 3.8) is 0 Å². The first-order valence-corrected chi connectivity index (χ1v) is 8.55. The molecule has 1 fully saturated rings. The molecule has 146 valence electrons. The molecule has 0 aromatic heterocycles. The Morgan fingerprint density at radius 3 is 0.792 bits per heavy atom. The first kappa shape index (κ1) is 21.6. The van der Waals surface area contributed by atoms with E-state index in [0.717, 1.165) is 12.5 Å². The smallest absolute Gasteiger partial charge is 0.255 e. The van der Waals surface area contributed by atoms with Crippen LogP contribution in [0.5, 0.6) is 0 Å². The number of rotatable bonds is 1. The fraction of sp³-hybridized carbons (Fsp3) is 1.00. The van der Waals surface area contributed by atoms with E-state index in [-0.39, 0.29) is 0 Å². The molecule has 0 aromatic rings. The first-order valence-electron chi connectivity index (χ1n) is 6.24. The van der Waals surface area contributed by atoms with Gasteiger partial charge in [-0.1, -0.05) is 0 Å². The minimum absolute atomic E-state index is 0.809. The summed E-state index contributed by atoms with van der Waals surface area (Å²) in [5.41, 5.74) is 0. The highest BCUT2D eigenvalue weighted by atomic mass is 32.2. The van der Waals surface area contributed by atoms with Gasteiger partial charge in [0.15, 0.2) is 0 Å². The summed E-state index contributed by atoms with van der Waals surface area (Å²) in [4.78, 5) is 0. The van der Waals surface area contributed by atoms with Gasteiger partial charge in [0.25, 0.3) is 0 Å². The first-order chi connectivity index (χ1) is 10.3. The Labute approximate surface area is 130 Å². The van der Waals surface area contributed by atoms with Crippen molar-refractivity contribution in [1.29, 1.82) is 0 Å². The van der Waals surface area contributed by atoms with E-state index in [1.54, 1.807) is 0 Å². The molecule has 0 heterocycles. The largest absolute Gasteiger partial charge is 0.393 e. The second-order valence-corrected chi connectivity index (χ2v) is 8.25. The van der Waals surface area contributed by atoms with Gasteiger partial charge in [0, 0.05) is 5.25 Å². The number of hydrogen-bond donors (Lipinski definition) is 1. The molecule has 1 aliphatic rings. The maximum atomic E-state index is 13.1. The molecule has 0 saturated heterocycles. The zero-order valence-corrected chi connectivity index (χ0v) is 12.8. The molecule has 1 aliphatic carbocycles. The Kier molecular flexibility index (Phi) is 5.43. The zero-order chi connectivity index (χ0) is 19.5. The van der Waals surface area contributed by atoms with E-state index < -0.39 is 64.5 Å². The van der Waals surface area contributed by atoms with Crippen molar-refractivity contribution in [1.82, 2.24) is 0 Å². The molecule has 0 radical (unpaired) electrons. The van der Waals surface area contributed by atoms with Crippen LogP contribution < -0.4 is 0 Å². The Morgan fingerprint density at radius 2 is 0.667 bits per heavy atom. The van der Waals surface area contributed by atoms with E-state index in [4.69, 9.17) is 0 Å². The van der Waals surface area contributed by atoms with Gasteiger partial charge in [0.05, 0.1) is 23.7 Å². The fourth-order valence-corrected chi connectivity index (χ4v) is 5.34. The minimum Gasteiger partial charge on any atom is -0.255 e. The average Bonchev–Trinajstić information content (AvgIpc) is 2.61. The highest BCUT2D eigenvalue weighted by Gasteiger charge is 2.77. The summed E-state index contributed by atoms with van der Waals surface area (Å²) in [7, 11) is -2.40. The van der Waals surface area contributed by atoms with E-state index in [0.29, 0.717) is 0 Å². The van der Waals surface area contributed by atoms with Gasteiger partial charge in [-0.2, -0.15) is 52.7 Å². The molecule has 24 heavy (non-hydrogen) atoms. The van der Waals surface area contributed by atoms with Crippen LogP contribution in [0.1, 0.15) is 0 Å². The Balaban J connectivity index is 3.74. The lowest BCUT2D eigenvalue weighted by atomic mass is 9.85. The summed E-state index contributed by atoms with van der Waals surface area (Å²) in [6, 6.07) is 0. The van der Waals surface area contributed by atoms with Gasteiger partial charge in [-0.15, -0.1) is 0 Å². The molecule has 0 N–H and O–H groups in total. The van der Waals surface area contributed by atoms with Crippen LogP contribution in [0, 0.1) is 23.7 Å². The molecular weight excluding hydrogens is 392 g/mol. The summed E-state index contributed by atoms with van der Waals surface area (Å²) < 4.78 is 156. The van der Waals surface area contributed by atoms with Crippen LogP contribution in [0.25, 0.3) is 0 Å². The maximum Gasteiger partial charge on any atom is 0.393 e. The fourth-order valence-electron chi connectivity index (χ4n) is 3.35. The Bertz CT molecular complexity index is 404. The van der Waals surface area contributed by atoms with Crippen molar-refractivity contribution in [2.75, 3.05) is 12.5 Å². The van der Waals surface area contributed by atoms with Crippen LogP contribution in [0.3, 0.4) is 0 Å². The topological polar surface area (TPSA) is 0 Å². The number of thiol groups is 1. The van der Waals surface area contributed by atoms with Crippen molar-refractivity contribution in [3.05, 3.63) is 0 Å². The highest BCUT2D eigenvalue weighted by Crippen LogP contribution is 2.66. The standard InChI is InChI=1S/C11H12F12S/c1-24(2)7-5(10(18,19)20)3(8(12,13)14)4(9(15,16)17)6(7)11(21,22)23/h3-7,24H,1-2H3. The zero-order valence-electron chi connectivity index (χ0n) is 11.9. The quantitative estimate of drug-likeness (QED) is 0.443. The molecule has 4 atom stereocenters. The van der Waals surface area contributed by atoms with Crippen LogP contribution in [-0.4, -0.2) is 42.5 Å². The van der Waals surface area contributed by atoms with Crippen molar-refractivity contribution >= 4 is 10.9 Å². The molecule has 1 rings (SSSR count). The molecular formula is C11H12F12S. The van der Waals surface area contributed by atoms with Gasteiger partial charge < -0.3 is 0 Å². The van der Waals surface area contributed by atoms with E-state index >= 15 is 0 Å². The summed E-state index contributed by atoms with van der Waals surface area (Å²) in [6.07, 6.45) is -22.2. The van der Waals surface area contributed by atoms with Crippen molar-refractivity contribution in [2.24, 2.45) is 23.7 Å². The maximum absolute atomic E-state index is 13.1. The summed E-state index contributed by atoms with van der Waals surface area (Å²) in [5.74, 6) is -15.9. The van der Waals surface area contributed by atoms with Crippen LogP contribution in [-0.2, 0) is 0 Å². The molecule has 1 saturated carbocycles. The van der Waals surface area contributed by atoms with Crippen LogP contribution in [0.2, 0.25) is 0 Å². The summed E-state index contributed by atoms with van der Waals surface area (Å²) >= 11 is 0. The van der Waals surface area contributed by atoms with Gasteiger partial charge in [-0.05, 0) is 12.5 Å². The molecule has 0 amide bonds. The third-order valence-corrected chi connectivity index (χ3v) is 5.84. The Morgan fingerprint density at radius 1 is 0.458 bits per heavy atom. The van der Waals surface area contributed by atoms with Crippen LogP contribution in [0.15, 0.2) is 0 Å². The molecule has 0 spiro atoms. The SMILES string of the molecule is C[SH](C)C1C(C(F)(F)F)C(C(F)(F)F)C(C(F)(F)F)C1C(F)(F)F. The highest BCUT2D eigenvalue weighted by molar-refractivity contribution is 8.16. The molecule has 0 bridgehead atoms. The lowest BCUT2D eigenvalue weighted by molar-refractivity contribution is -0.298. The minimum atomic E-state index is -6.08. The summed E-state index contributed by atoms with van der Waals surface area (Å²) in [6.45, 7) is 0. The van der Waals surface area contributed by atoms with E-state index in [9.17, 15) is 52.7 Å². The van der Waals surface area contributed by atoms with Crippen molar-refractivity contribution in [3.8, 4) is 0 Å². The predicted octanol–water partition coefficient (Wildman–Crippen LogP) is 5.34. The number of hydrogen-bond acceptors (Lipinski definition) is 0. The van der Waals surface area contributed by atoms with Crippen molar-refractivity contribution < 1.29 is 52.7 Å². The molecule has 0 aliphatic heterocycles. The second-order valence-electron chi connectivity index (χ2n) is 5.72. The monoisotopic (exact) mass is 404 g/mol. The third kappa shape index (κ3) is 4.01. The van der Waals surface area contributed by atoms with E-state index in [1.165, 1.54) is 0 Å². The molecule has 13 heteroatoms. The van der Waals surface area contributed by atoms with Crippen LogP contribution >= 0.6 is 10.9 Å². The van der Waals surface area contributed by atoms with Crippen molar-refractivity contribution in [2.45, 2.75) is 30.0 Å². The average molecular weight is 404 g/mol. The molecule has 0 nitrogen and oxygen atoms in total.